The van der Waals surface area contributed by atoms with Crippen LogP contribution in [-0.4, -0.2) is 73.1 Å². The van der Waals surface area contributed by atoms with Gasteiger partial charge in [0.1, 0.15) is 22.5 Å². The molecule has 2 aromatic rings. The van der Waals surface area contributed by atoms with Gasteiger partial charge in [-0.15, -0.1) is 23.1 Å². The van der Waals surface area contributed by atoms with Crippen molar-refractivity contribution in [2.24, 2.45) is 10.1 Å². The second-order valence-electron chi connectivity index (χ2n) is 6.59. The summed E-state index contributed by atoms with van der Waals surface area (Å²) in [4.78, 5) is 33.4. The maximum absolute atomic E-state index is 12.7. The second kappa shape index (κ2) is 10.6. The Balaban J connectivity index is 0.00000324. The molecular weight excluding hydrogens is 499 g/mol. The van der Waals surface area contributed by atoms with E-state index in [1.54, 1.807) is 0 Å². The van der Waals surface area contributed by atoms with Crippen LogP contribution in [0.2, 0.25) is 0 Å². The number of hydrogen-bond donors (Lipinski definition) is 3. The summed E-state index contributed by atoms with van der Waals surface area (Å²) in [5, 5.41) is 38.9. The monoisotopic (exact) mass is 514 g/mol. The van der Waals surface area contributed by atoms with Crippen molar-refractivity contribution >= 4 is 57.8 Å². The van der Waals surface area contributed by atoms with E-state index in [4.69, 9.17) is 15.0 Å². The van der Waals surface area contributed by atoms with Crippen molar-refractivity contribution < 1.29 is 63.8 Å². The van der Waals surface area contributed by atoms with Crippen molar-refractivity contribution in [2.75, 3.05) is 18.6 Å². The smallest absolute Gasteiger partial charge is 0.857 e. The zero-order valence-electron chi connectivity index (χ0n) is 17.7. The van der Waals surface area contributed by atoms with E-state index in [0.717, 1.165) is 16.2 Å². The molecule has 16 heteroatoms. The Bertz CT molecular complexity index is 1240. The predicted octanol–water partition coefficient (Wildman–Crippen LogP) is -3.00. The third-order valence-electron chi connectivity index (χ3n) is 4.66. The van der Waals surface area contributed by atoms with Crippen LogP contribution in [0.3, 0.4) is 0 Å². The van der Waals surface area contributed by atoms with Gasteiger partial charge in [-0.2, -0.15) is 0 Å². The summed E-state index contributed by atoms with van der Waals surface area (Å²) in [6, 6.07) is 0.385. The number of fused-ring (bicyclic) bond motifs is 1. The molecule has 2 aliphatic heterocycles. The van der Waals surface area contributed by atoms with Crippen molar-refractivity contribution in [1.82, 2.24) is 15.0 Å². The van der Waals surface area contributed by atoms with Crippen LogP contribution in [0.4, 0.5) is 5.13 Å². The number of nitrogen functional groups attached to an aromatic ring is 1. The van der Waals surface area contributed by atoms with Crippen molar-refractivity contribution in [3.8, 4) is 5.88 Å². The largest absolute Gasteiger partial charge is 1.00 e. The van der Waals surface area contributed by atoms with Gasteiger partial charge in [0.15, 0.2) is 16.9 Å². The third kappa shape index (κ3) is 4.83. The molecule has 0 aromatic carbocycles. The Kier molecular flexibility index (Phi) is 8.04. The Morgan fingerprint density at radius 3 is 2.82 bits per heavy atom. The molecule has 1 amide bonds. The standard InChI is InChI=1S/C18H16N6O7S2.Na/c1-30-10-4-8(31-23-10)3-2-7-5-32-16-12(15(26)24(16)13(7)17(27)28)21-14(25)11(22-29)9-6-33-18(19)20-9;/h2-4,6,12,16,29H,5H2,1H3,(H2,19,20)(H,21,25)(H,27,28);/q;+1/p-1/b3-2+,22-11-;/t12-,16-;/m1./s1. The molecule has 172 valence electrons. The van der Waals surface area contributed by atoms with Crippen LogP contribution < -0.4 is 45.1 Å². The molecule has 13 nitrogen and oxygen atoms in total. The van der Waals surface area contributed by atoms with Crippen LogP contribution in [0.15, 0.2) is 43.5 Å². The van der Waals surface area contributed by atoms with Crippen LogP contribution in [0.5, 0.6) is 5.88 Å². The first-order valence-electron chi connectivity index (χ1n) is 9.12. The minimum atomic E-state index is -1.30. The number of aliphatic carboxylic acids is 1. The quantitative estimate of drug-likeness (QED) is 0.0849. The van der Waals surface area contributed by atoms with Gasteiger partial charge < -0.3 is 30.4 Å². The van der Waals surface area contributed by atoms with Crippen molar-refractivity contribution in [3.63, 3.8) is 0 Å². The third-order valence-corrected chi connectivity index (χ3v) is 6.62. The van der Waals surface area contributed by atoms with Gasteiger partial charge in [-0.1, -0.05) is 11.2 Å². The predicted molar refractivity (Wildman–Crippen MR) is 116 cm³/mol. The molecule has 4 N–H and O–H groups in total. The van der Waals surface area contributed by atoms with E-state index < -0.39 is 34.9 Å². The first kappa shape index (κ1) is 25.8. The van der Waals surface area contributed by atoms with E-state index in [-0.39, 0.29) is 57.7 Å². The molecule has 1 saturated heterocycles. The number of thioether (sulfide) groups is 1. The number of aromatic nitrogens is 2. The number of β-lactam (4-membered cyclic amide) rings is 1. The summed E-state index contributed by atoms with van der Waals surface area (Å²) in [7, 11) is 1.43. The van der Waals surface area contributed by atoms with Gasteiger partial charge in [-0.25, -0.2) is 9.78 Å². The number of hydrogen-bond acceptors (Lipinski definition) is 13. The van der Waals surface area contributed by atoms with E-state index in [1.165, 1.54) is 42.5 Å². The average Bonchev–Trinajstić information content (AvgIpc) is 3.44. The number of thiazole rings is 1. The molecule has 2 aliphatic rings. The Labute approximate surface area is 222 Å². The van der Waals surface area contributed by atoms with E-state index in [1.807, 2.05) is 0 Å². The van der Waals surface area contributed by atoms with Crippen LogP contribution in [-0.2, 0) is 9.59 Å². The molecule has 0 unspecified atom stereocenters. The zero-order chi connectivity index (χ0) is 23.7. The number of carbonyl (C=O) groups excluding carboxylic acids is 1. The molecule has 34 heavy (non-hydrogen) atoms. The topological polar surface area (TPSA) is 200 Å². The molecular formula is C18H15N6NaO7S2. The Morgan fingerprint density at radius 2 is 2.24 bits per heavy atom. The zero-order valence-corrected chi connectivity index (χ0v) is 21.4. The molecule has 4 heterocycles. The number of ether oxygens (including phenoxy) is 1. The van der Waals surface area contributed by atoms with E-state index in [0.29, 0.717) is 11.3 Å². The summed E-state index contributed by atoms with van der Waals surface area (Å²) in [5.41, 5.74) is 5.24. The van der Waals surface area contributed by atoms with Crippen molar-refractivity contribution in [3.05, 3.63) is 40.2 Å². The summed E-state index contributed by atoms with van der Waals surface area (Å²) in [5.74, 6) is -2.10. The van der Waals surface area contributed by atoms with Gasteiger partial charge in [0, 0.05) is 23.1 Å². The van der Waals surface area contributed by atoms with Gasteiger partial charge in [0.25, 0.3) is 11.8 Å². The Morgan fingerprint density at radius 1 is 1.47 bits per heavy atom. The van der Waals surface area contributed by atoms with Gasteiger partial charge in [-0.05, 0) is 16.8 Å². The number of rotatable bonds is 7. The molecule has 2 aromatic heterocycles. The van der Waals surface area contributed by atoms with Crippen LogP contribution in [0, 0.1) is 0 Å². The fourth-order valence-electron chi connectivity index (χ4n) is 3.15. The van der Waals surface area contributed by atoms with Gasteiger partial charge in [-0.3, -0.25) is 14.7 Å². The number of aliphatic imine (C=N–C) groups is 1. The van der Waals surface area contributed by atoms with Crippen molar-refractivity contribution in [2.45, 2.75) is 11.4 Å². The number of allylic oxidation sites excluding steroid dienone is 1. The number of amides is 1. The minimum Gasteiger partial charge on any atom is -0.857 e. The van der Waals surface area contributed by atoms with Gasteiger partial charge >= 0.3 is 35.5 Å². The number of nitrogens with two attached hydrogens (primary N) is 1. The summed E-state index contributed by atoms with van der Waals surface area (Å²) < 4.78 is 9.97. The maximum Gasteiger partial charge on any atom is 1.00 e. The second-order valence-corrected chi connectivity index (χ2v) is 8.59. The first-order chi connectivity index (χ1) is 15.8. The summed E-state index contributed by atoms with van der Waals surface area (Å²) in [6.45, 7) is 0. The first-order valence-corrected chi connectivity index (χ1v) is 11.1. The fraction of sp³-hybridized carbons (Fsp3) is 0.222. The van der Waals surface area contributed by atoms with E-state index >= 15 is 0 Å². The van der Waals surface area contributed by atoms with E-state index in [9.17, 15) is 25.0 Å². The SMILES string of the molecule is COc1cc(/C=C/C2=C(C(=O)O)N3C(=O)[C@@H](N=C([O-])/C(=N\O)c4csc(N)n4)[C@H]3SC2)on1.[Na+]. The number of anilines is 1. The number of carboxylic acid groups (broad SMARTS) is 1. The van der Waals surface area contributed by atoms with E-state index in [2.05, 4.69) is 20.3 Å². The number of oxime groups is 1. The molecule has 1 fully saturated rings. The molecule has 0 aliphatic carbocycles. The molecule has 0 bridgehead atoms. The summed E-state index contributed by atoms with van der Waals surface area (Å²) >= 11 is 2.28. The number of nitrogens with zero attached hydrogens (tertiary/aromatic N) is 5. The van der Waals surface area contributed by atoms with Crippen LogP contribution in [0.25, 0.3) is 6.08 Å². The number of methoxy groups -OCH3 is 1. The number of carboxylic acids is 1. The molecule has 0 saturated carbocycles. The molecule has 0 radical (unpaired) electrons. The maximum atomic E-state index is 12.7. The molecule has 0 spiro atoms. The van der Waals surface area contributed by atoms with Crippen LogP contribution in [0.1, 0.15) is 11.5 Å². The van der Waals surface area contributed by atoms with Gasteiger partial charge in [0.05, 0.1) is 7.11 Å². The molecule has 2 atom stereocenters. The average molecular weight is 514 g/mol. The van der Waals surface area contributed by atoms with Gasteiger partial charge in [0.2, 0.25) is 0 Å². The Hall–Kier alpha value is -2.85. The van der Waals surface area contributed by atoms with Crippen molar-refractivity contribution in [1.29, 1.82) is 0 Å². The minimum absolute atomic E-state index is 0. The van der Waals surface area contributed by atoms with Crippen LogP contribution >= 0.6 is 23.1 Å². The summed E-state index contributed by atoms with van der Waals surface area (Å²) in [6.07, 6.45) is 3.02. The normalized spacial score (nSPS) is 20.7. The molecule has 4 rings (SSSR count). The number of carbonyl (C=O) groups is 2. The fourth-order valence-corrected chi connectivity index (χ4v) is 5.00.